The molecule has 0 amide bonds. The maximum atomic E-state index is 4.22. The Balaban J connectivity index is 2.72. The number of aliphatic imine (C=N–C) groups is 2. The lowest BCUT2D eigenvalue weighted by atomic mass is 9.97. The van der Waals surface area contributed by atoms with Crippen molar-refractivity contribution < 1.29 is 0 Å². The Hall–Kier alpha value is -1.66. The molecule has 96 valence electrons. The smallest absolute Gasteiger partial charge is 0.0895 e. The van der Waals surface area contributed by atoms with Crippen molar-refractivity contribution in [2.45, 2.75) is 39.7 Å². The van der Waals surface area contributed by atoms with Gasteiger partial charge >= 0.3 is 0 Å². The van der Waals surface area contributed by atoms with Crippen LogP contribution in [0.3, 0.4) is 0 Å². The maximum absolute atomic E-state index is 4.22. The minimum Gasteiger partial charge on any atom is -0.225 e. The fourth-order valence-corrected chi connectivity index (χ4v) is 1.55. The van der Waals surface area contributed by atoms with Crippen molar-refractivity contribution in [2.24, 2.45) is 9.98 Å². The van der Waals surface area contributed by atoms with Crippen LogP contribution in [0.5, 0.6) is 0 Å². The molecule has 18 heavy (non-hydrogen) atoms. The third-order valence-corrected chi connectivity index (χ3v) is 2.70. The second-order valence-corrected chi connectivity index (χ2v) is 4.97. The summed E-state index contributed by atoms with van der Waals surface area (Å²) in [4.78, 5) is 8.33. The molecule has 1 atom stereocenters. The lowest BCUT2D eigenvalue weighted by molar-refractivity contribution is 0.774. The standard InChI is InChI=1S/C16H22N2/c1-12(2)15-7-6-8-16(9-15)14(5)10-17-11-18-13(3)4/h6-9,13-14H,1,10H2,2-5H3. The van der Waals surface area contributed by atoms with E-state index in [0.717, 1.165) is 12.1 Å². The highest BCUT2D eigenvalue weighted by Crippen LogP contribution is 2.20. The Morgan fingerprint density at radius 3 is 2.67 bits per heavy atom. The van der Waals surface area contributed by atoms with E-state index in [1.807, 2.05) is 20.8 Å². The second-order valence-electron chi connectivity index (χ2n) is 4.97. The number of hydrogen-bond donors (Lipinski definition) is 0. The van der Waals surface area contributed by atoms with Gasteiger partial charge in [0.25, 0.3) is 0 Å². The van der Waals surface area contributed by atoms with Crippen molar-refractivity contribution >= 4 is 11.6 Å². The largest absolute Gasteiger partial charge is 0.225 e. The predicted molar refractivity (Wildman–Crippen MR) is 79.4 cm³/mol. The quantitative estimate of drug-likeness (QED) is 0.683. The van der Waals surface area contributed by atoms with E-state index in [2.05, 4.69) is 53.8 Å². The summed E-state index contributed by atoms with van der Waals surface area (Å²) in [5.41, 5.74) is 3.57. The number of rotatable bonds is 5. The minimum absolute atomic E-state index is 0.260. The SMILES string of the molecule is C=C(C)c1cccc(C(C)CN=C=NC(C)C)c1. The fraction of sp³-hybridized carbons (Fsp3) is 0.438. The molecule has 1 aromatic carbocycles. The highest BCUT2D eigenvalue weighted by atomic mass is 14.8. The topological polar surface area (TPSA) is 24.7 Å². The van der Waals surface area contributed by atoms with Crippen molar-refractivity contribution in [3.8, 4) is 0 Å². The summed E-state index contributed by atoms with van der Waals surface area (Å²) < 4.78 is 0. The van der Waals surface area contributed by atoms with E-state index in [4.69, 9.17) is 0 Å². The van der Waals surface area contributed by atoms with Gasteiger partial charge in [-0.1, -0.05) is 43.3 Å². The van der Waals surface area contributed by atoms with E-state index in [1.54, 1.807) is 0 Å². The number of allylic oxidation sites excluding steroid dienone is 1. The predicted octanol–water partition coefficient (Wildman–Crippen LogP) is 4.41. The molecule has 1 unspecified atom stereocenters. The zero-order valence-electron chi connectivity index (χ0n) is 11.8. The average molecular weight is 242 g/mol. The van der Waals surface area contributed by atoms with Crippen LogP contribution < -0.4 is 0 Å². The van der Waals surface area contributed by atoms with Gasteiger partial charge in [-0.25, -0.2) is 9.98 Å². The van der Waals surface area contributed by atoms with Crippen LogP contribution in [-0.4, -0.2) is 18.6 Å². The van der Waals surface area contributed by atoms with Gasteiger partial charge in [-0.3, -0.25) is 0 Å². The third-order valence-electron chi connectivity index (χ3n) is 2.70. The molecule has 0 aromatic heterocycles. The highest BCUT2D eigenvalue weighted by Gasteiger charge is 2.05. The first kappa shape index (κ1) is 14.4. The molecule has 0 spiro atoms. The van der Waals surface area contributed by atoms with Gasteiger partial charge in [0, 0.05) is 5.92 Å². The monoisotopic (exact) mass is 242 g/mol. The molecular formula is C16H22N2. The summed E-state index contributed by atoms with van der Waals surface area (Å²) in [5.74, 6) is 0.374. The lowest BCUT2D eigenvalue weighted by Crippen LogP contribution is -1.98. The summed E-state index contributed by atoms with van der Waals surface area (Å²) in [7, 11) is 0. The average Bonchev–Trinajstić information content (AvgIpc) is 2.34. The molecule has 0 N–H and O–H groups in total. The van der Waals surface area contributed by atoms with Crippen molar-refractivity contribution in [2.75, 3.05) is 6.54 Å². The molecule has 0 fully saturated rings. The Morgan fingerprint density at radius 2 is 2.06 bits per heavy atom. The zero-order valence-corrected chi connectivity index (χ0v) is 11.8. The van der Waals surface area contributed by atoms with Gasteiger partial charge in [0.05, 0.1) is 18.6 Å². The molecule has 0 heterocycles. The van der Waals surface area contributed by atoms with Gasteiger partial charge in [-0.15, -0.1) is 0 Å². The number of nitrogens with zero attached hydrogens (tertiary/aromatic N) is 2. The normalized spacial score (nSPS) is 11.8. The molecule has 2 heteroatoms. The summed E-state index contributed by atoms with van der Waals surface area (Å²) in [6.45, 7) is 12.9. The van der Waals surface area contributed by atoms with Crippen LogP contribution in [0, 0.1) is 0 Å². The second kappa shape index (κ2) is 6.93. The molecule has 0 bridgehead atoms. The molecule has 0 saturated carbocycles. The first-order valence-electron chi connectivity index (χ1n) is 6.38. The lowest BCUT2D eigenvalue weighted by Gasteiger charge is -2.10. The summed E-state index contributed by atoms with van der Waals surface area (Å²) >= 11 is 0. The highest BCUT2D eigenvalue weighted by molar-refractivity contribution is 5.61. The van der Waals surface area contributed by atoms with Crippen molar-refractivity contribution in [3.63, 3.8) is 0 Å². The summed E-state index contributed by atoms with van der Waals surface area (Å²) in [5, 5.41) is 0. The number of hydrogen-bond acceptors (Lipinski definition) is 2. The van der Waals surface area contributed by atoms with Crippen LogP contribution in [0.15, 0.2) is 40.8 Å². The van der Waals surface area contributed by atoms with Crippen LogP contribution in [0.4, 0.5) is 0 Å². The van der Waals surface area contributed by atoms with Crippen LogP contribution in [0.1, 0.15) is 44.7 Å². The first-order valence-corrected chi connectivity index (χ1v) is 6.38. The van der Waals surface area contributed by atoms with Crippen LogP contribution in [0.2, 0.25) is 0 Å². The van der Waals surface area contributed by atoms with E-state index in [-0.39, 0.29) is 6.04 Å². The number of benzene rings is 1. The van der Waals surface area contributed by atoms with E-state index < -0.39 is 0 Å². The Labute approximate surface area is 110 Å². The molecule has 1 aromatic rings. The summed E-state index contributed by atoms with van der Waals surface area (Å²) in [6.07, 6.45) is 0. The molecule has 2 nitrogen and oxygen atoms in total. The van der Waals surface area contributed by atoms with Crippen molar-refractivity contribution in [3.05, 3.63) is 42.0 Å². The van der Waals surface area contributed by atoms with Gasteiger partial charge in [0.15, 0.2) is 0 Å². The molecule has 0 saturated heterocycles. The van der Waals surface area contributed by atoms with E-state index in [1.165, 1.54) is 11.1 Å². The van der Waals surface area contributed by atoms with Gasteiger partial charge in [0.2, 0.25) is 0 Å². The molecule has 1 rings (SSSR count). The third kappa shape index (κ3) is 4.68. The van der Waals surface area contributed by atoms with Gasteiger partial charge in [-0.05, 0) is 31.9 Å². The fourth-order valence-electron chi connectivity index (χ4n) is 1.55. The molecule has 0 aliphatic rings. The van der Waals surface area contributed by atoms with Crippen molar-refractivity contribution in [1.29, 1.82) is 0 Å². The van der Waals surface area contributed by atoms with Gasteiger partial charge < -0.3 is 0 Å². The first-order chi connectivity index (χ1) is 8.50. The summed E-state index contributed by atoms with van der Waals surface area (Å²) in [6, 6.07) is 11.5. The van der Waals surface area contributed by atoms with Crippen molar-refractivity contribution in [1.82, 2.24) is 0 Å². The Morgan fingerprint density at radius 1 is 1.33 bits per heavy atom. The van der Waals surface area contributed by atoms with Gasteiger partial charge in [-0.2, -0.15) is 0 Å². The molecule has 0 aliphatic carbocycles. The molecule has 0 radical (unpaired) electrons. The van der Waals surface area contributed by atoms with E-state index >= 15 is 0 Å². The van der Waals surface area contributed by atoms with Crippen LogP contribution >= 0.6 is 0 Å². The Bertz CT molecular complexity index is 466. The maximum Gasteiger partial charge on any atom is 0.0895 e. The van der Waals surface area contributed by atoms with Crippen LogP contribution in [0.25, 0.3) is 5.57 Å². The molecule has 0 aliphatic heterocycles. The van der Waals surface area contributed by atoms with Gasteiger partial charge in [0.1, 0.15) is 0 Å². The minimum atomic E-state index is 0.260. The molecular weight excluding hydrogens is 220 g/mol. The Kier molecular flexibility index (Phi) is 5.54. The van der Waals surface area contributed by atoms with Crippen LogP contribution in [-0.2, 0) is 0 Å². The van der Waals surface area contributed by atoms with E-state index in [9.17, 15) is 0 Å². The van der Waals surface area contributed by atoms with E-state index in [0.29, 0.717) is 5.92 Å². The zero-order chi connectivity index (χ0) is 13.5.